The van der Waals surface area contributed by atoms with Crippen molar-refractivity contribution in [1.82, 2.24) is 0 Å². The van der Waals surface area contributed by atoms with Crippen LogP contribution in [0.5, 0.6) is 0 Å². The third-order valence-electron chi connectivity index (χ3n) is 3.37. The maximum atomic E-state index is 6.08. The third-order valence-corrected chi connectivity index (χ3v) is 4.80. The first-order valence-corrected chi connectivity index (χ1v) is 9.71. The van der Waals surface area contributed by atoms with E-state index in [1.807, 2.05) is 50.3 Å². The van der Waals surface area contributed by atoms with Crippen LogP contribution in [0, 0.1) is 0 Å². The number of thiophene rings is 1. The predicted molar refractivity (Wildman–Crippen MR) is 115 cm³/mol. The molecule has 0 nitrogen and oxygen atoms in total. The van der Waals surface area contributed by atoms with Crippen molar-refractivity contribution in [1.29, 1.82) is 0 Å². The number of hydrogen-bond acceptors (Lipinski definition) is 1. The van der Waals surface area contributed by atoms with Crippen molar-refractivity contribution < 1.29 is 0 Å². The molecule has 0 unspecified atom stereocenters. The fourth-order valence-corrected chi connectivity index (χ4v) is 3.77. The molecule has 0 bridgehead atoms. The SMILES string of the molecule is C=Cc1c(/C=C\C)sc2ccc(C/C=C\C(Cl)=C/CC)cc12.CC. The summed E-state index contributed by atoms with van der Waals surface area (Å²) in [5.74, 6) is 0. The van der Waals surface area contributed by atoms with Crippen LogP contribution >= 0.6 is 22.9 Å². The highest BCUT2D eigenvalue weighted by atomic mass is 35.5. The standard InChI is InChI=1S/C20H21ClS.C2H6/c1-4-8-16(21)11-7-10-15-12-13-20-18(14-15)17(6-3)19(22-20)9-5-2;1-2/h5-9,11-14H,3-4,10H2,1-2H3;1-2H3/b9-5-,11-7-,16-8+;. The summed E-state index contributed by atoms with van der Waals surface area (Å²) < 4.78 is 1.31. The van der Waals surface area contributed by atoms with Gasteiger partial charge in [0.15, 0.2) is 0 Å². The van der Waals surface area contributed by atoms with Crippen molar-refractivity contribution in [2.45, 2.75) is 40.5 Å². The second-order valence-electron chi connectivity index (χ2n) is 5.02. The molecule has 0 saturated heterocycles. The van der Waals surface area contributed by atoms with Crippen LogP contribution in [-0.2, 0) is 6.42 Å². The summed E-state index contributed by atoms with van der Waals surface area (Å²) in [6, 6.07) is 6.65. The molecular weight excluding hydrogens is 332 g/mol. The summed E-state index contributed by atoms with van der Waals surface area (Å²) in [5.41, 5.74) is 2.52. The van der Waals surface area contributed by atoms with Gasteiger partial charge in [-0.1, -0.05) is 69.3 Å². The van der Waals surface area contributed by atoms with Gasteiger partial charge in [-0.3, -0.25) is 0 Å². The summed E-state index contributed by atoms with van der Waals surface area (Å²) in [7, 11) is 0. The molecule has 0 atom stereocenters. The van der Waals surface area contributed by atoms with Crippen LogP contribution in [0.25, 0.3) is 22.2 Å². The molecule has 2 aromatic rings. The Bertz CT molecular complexity index is 745. The van der Waals surface area contributed by atoms with E-state index in [4.69, 9.17) is 11.6 Å². The Balaban J connectivity index is 0.00000139. The highest BCUT2D eigenvalue weighted by Crippen LogP contribution is 2.34. The zero-order chi connectivity index (χ0) is 17.9. The Morgan fingerprint density at radius 2 is 2.04 bits per heavy atom. The topological polar surface area (TPSA) is 0 Å². The van der Waals surface area contributed by atoms with Gasteiger partial charge in [-0.25, -0.2) is 0 Å². The maximum absolute atomic E-state index is 6.08. The minimum absolute atomic E-state index is 0.807. The van der Waals surface area contributed by atoms with E-state index in [9.17, 15) is 0 Å². The lowest BCUT2D eigenvalue weighted by atomic mass is 10.1. The van der Waals surface area contributed by atoms with Crippen LogP contribution < -0.4 is 0 Å². The fourth-order valence-electron chi connectivity index (χ4n) is 2.37. The maximum Gasteiger partial charge on any atom is 0.0362 e. The van der Waals surface area contributed by atoms with E-state index in [1.54, 1.807) is 0 Å². The molecule has 1 aromatic carbocycles. The van der Waals surface area contributed by atoms with E-state index in [0.717, 1.165) is 17.9 Å². The van der Waals surface area contributed by atoms with Crippen molar-refractivity contribution in [3.05, 3.63) is 70.1 Å². The zero-order valence-electron chi connectivity index (χ0n) is 15.1. The average molecular weight is 359 g/mol. The van der Waals surface area contributed by atoms with Crippen LogP contribution in [0.15, 0.2) is 54.1 Å². The van der Waals surface area contributed by atoms with Crippen LogP contribution in [0.1, 0.15) is 50.1 Å². The summed E-state index contributed by atoms with van der Waals surface area (Å²) in [6.45, 7) is 12.1. The number of allylic oxidation sites excluding steroid dienone is 5. The molecule has 1 aromatic heterocycles. The molecule has 0 aliphatic rings. The van der Waals surface area contributed by atoms with Crippen LogP contribution in [0.4, 0.5) is 0 Å². The lowest BCUT2D eigenvalue weighted by Gasteiger charge is -1.99. The number of fused-ring (bicyclic) bond motifs is 1. The molecule has 0 fully saturated rings. The van der Waals surface area contributed by atoms with Gasteiger partial charge in [-0.2, -0.15) is 0 Å². The van der Waals surface area contributed by atoms with Crippen molar-refractivity contribution in [3.8, 4) is 0 Å². The monoisotopic (exact) mass is 358 g/mol. The van der Waals surface area contributed by atoms with Gasteiger partial charge in [0.2, 0.25) is 0 Å². The van der Waals surface area contributed by atoms with Gasteiger partial charge >= 0.3 is 0 Å². The molecule has 0 saturated carbocycles. The lowest BCUT2D eigenvalue weighted by molar-refractivity contribution is 1.22. The van der Waals surface area contributed by atoms with E-state index < -0.39 is 0 Å². The molecule has 0 radical (unpaired) electrons. The fraction of sp³-hybridized carbons (Fsp3) is 0.273. The van der Waals surface area contributed by atoms with Gasteiger partial charge in [-0.15, -0.1) is 11.3 Å². The molecule has 2 heteroatoms. The summed E-state index contributed by atoms with van der Waals surface area (Å²) in [5, 5.41) is 2.09. The van der Waals surface area contributed by atoms with Gasteiger partial charge in [-0.05, 0) is 55.2 Å². The number of hydrogen-bond donors (Lipinski definition) is 0. The summed E-state index contributed by atoms with van der Waals surface area (Å²) >= 11 is 7.89. The van der Waals surface area contributed by atoms with Crippen molar-refractivity contribution in [3.63, 3.8) is 0 Å². The molecule has 0 aliphatic carbocycles. The smallest absolute Gasteiger partial charge is 0.0362 e. The first-order chi connectivity index (χ1) is 11.7. The minimum Gasteiger partial charge on any atom is -0.135 e. The quantitative estimate of drug-likeness (QED) is 0.456. The van der Waals surface area contributed by atoms with Crippen LogP contribution in [-0.4, -0.2) is 0 Å². The molecule has 0 amide bonds. The van der Waals surface area contributed by atoms with Gasteiger partial charge in [0, 0.05) is 20.0 Å². The van der Waals surface area contributed by atoms with E-state index in [1.165, 1.54) is 26.1 Å². The lowest BCUT2D eigenvalue weighted by Crippen LogP contribution is -1.81. The Morgan fingerprint density at radius 3 is 2.67 bits per heavy atom. The molecule has 128 valence electrons. The van der Waals surface area contributed by atoms with Crippen LogP contribution in [0.3, 0.4) is 0 Å². The molecule has 1 heterocycles. The van der Waals surface area contributed by atoms with Gasteiger partial charge in [0.25, 0.3) is 0 Å². The van der Waals surface area contributed by atoms with Crippen LogP contribution in [0.2, 0.25) is 0 Å². The average Bonchev–Trinajstić information content (AvgIpc) is 2.94. The molecule has 2 rings (SSSR count). The molecule has 0 spiro atoms. The van der Waals surface area contributed by atoms with Gasteiger partial charge in [0.05, 0.1) is 0 Å². The first-order valence-electron chi connectivity index (χ1n) is 8.52. The van der Waals surface area contributed by atoms with Gasteiger partial charge < -0.3 is 0 Å². The van der Waals surface area contributed by atoms with Crippen molar-refractivity contribution in [2.24, 2.45) is 0 Å². The Kier molecular flexibility index (Phi) is 9.44. The van der Waals surface area contributed by atoms with Gasteiger partial charge in [0.1, 0.15) is 0 Å². The molecule has 0 N–H and O–H groups in total. The van der Waals surface area contributed by atoms with E-state index in [0.29, 0.717) is 0 Å². The third kappa shape index (κ3) is 5.51. The Labute approximate surface area is 155 Å². The normalized spacial score (nSPS) is 12.0. The second-order valence-corrected chi connectivity index (χ2v) is 6.54. The van der Waals surface area contributed by atoms with E-state index in [-0.39, 0.29) is 0 Å². The largest absolute Gasteiger partial charge is 0.135 e. The molecule has 0 aliphatic heterocycles. The number of benzene rings is 1. The highest BCUT2D eigenvalue weighted by molar-refractivity contribution is 7.20. The zero-order valence-corrected chi connectivity index (χ0v) is 16.7. The predicted octanol–water partition coefficient (Wildman–Crippen LogP) is 8.24. The first kappa shape index (κ1) is 20.5. The highest BCUT2D eigenvalue weighted by Gasteiger charge is 2.07. The number of halogens is 1. The Morgan fingerprint density at radius 1 is 1.29 bits per heavy atom. The second kappa shape index (κ2) is 11.1. The van der Waals surface area contributed by atoms with E-state index in [2.05, 4.69) is 49.9 Å². The minimum atomic E-state index is 0.807. The van der Waals surface area contributed by atoms with Crippen molar-refractivity contribution in [2.75, 3.05) is 0 Å². The molecule has 24 heavy (non-hydrogen) atoms. The Hall–Kier alpha value is -1.57. The summed E-state index contributed by atoms with van der Waals surface area (Å²) in [6.07, 6.45) is 14.1. The number of rotatable bonds is 6. The van der Waals surface area contributed by atoms with E-state index >= 15 is 0 Å². The summed E-state index contributed by atoms with van der Waals surface area (Å²) in [4.78, 5) is 1.27. The van der Waals surface area contributed by atoms with Crippen molar-refractivity contribution >= 4 is 45.2 Å². The molecular formula is C22H27ClS.